The Balaban J connectivity index is 2.89. The minimum atomic E-state index is -0.886. The van der Waals surface area contributed by atoms with Crippen molar-refractivity contribution in [2.24, 2.45) is 5.18 Å². The lowest BCUT2D eigenvalue weighted by Crippen LogP contribution is -1.88. The molecule has 0 aliphatic carbocycles. The number of halogens is 2. The zero-order valence-electron chi connectivity index (χ0n) is 5.37. The lowest BCUT2D eigenvalue weighted by molar-refractivity contribution is 0.938. The molecule has 0 fully saturated rings. The van der Waals surface area contributed by atoms with Gasteiger partial charge in [-0.25, -0.2) is 0 Å². The second kappa shape index (κ2) is 3.78. The van der Waals surface area contributed by atoms with E-state index in [1.165, 1.54) is 0 Å². The van der Waals surface area contributed by atoms with Crippen LogP contribution in [-0.2, 0) is 0 Å². The highest BCUT2D eigenvalue weighted by molar-refractivity contribution is 9.10. The molecule has 58 valence electrons. The smallest absolute Gasteiger partial charge is 0.207 e. The normalized spacial score (nSPS) is 12.5. The third-order valence-corrected chi connectivity index (χ3v) is 1.86. The summed E-state index contributed by atoms with van der Waals surface area (Å²) < 4.78 is 0.844. The molecule has 11 heavy (non-hydrogen) atoms. The highest BCUT2D eigenvalue weighted by atomic mass is 79.9. The average Bonchev–Trinajstić information content (AvgIpc) is 2.05. The largest absolute Gasteiger partial charge is 0.256 e. The summed E-state index contributed by atoms with van der Waals surface area (Å²) in [4.78, 5) is 13.8. The summed E-state index contributed by atoms with van der Waals surface area (Å²) in [5, 5.41) is 2.63. The van der Waals surface area contributed by atoms with Gasteiger partial charge in [-0.15, -0.1) is 4.91 Å². The molecule has 0 bridgehead atoms. The fourth-order valence-corrected chi connectivity index (χ4v) is 0.946. The van der Waals surface area contributed by atoms with Gasteiger partial charge in [0.2, 0.25) is 5.50 Å². The molecule has 1 aromatic heterocycles. The van der Waals surface area contributed by atoms with Gasteiger partial charge >= 0.3 is 0 Å². The van der Waals surface area contributed by atoms with E-state index in [1.54, 1.807) is 18.3 Å². The second-order valence-corrected chi connectivity index (χ2v) is 3.17. The van der Waals surface area contributed by atoms with Crippen LogP contribution in [0.4, 0.5) is 0 Å². The maximum atomic E-state index is 9.96. The summed E-state index contributed by atoms with van der Waals surface area (Å²) >= 11 is 8.69. The third-order valence-electron chi connectivity index (χ3n) is 1.09. The van der Waals surface area contributed by atoms with Gasteiger partial charge in [-0.05, 0) is 33.2 Å². The Labute approximate surface area is 76.9 Å². The predicted molar refractivity (Wildman–Crippen MR) is 46.3 cm³/mol. The minimum Gasteiger partial charge on any atom is -0.256 e. The molecule has 0 N–H and O–H groups in total. The van der Waals surface area contributed by atoms with Crippen LogP contribution < -0.4 is 0 Å². The summed E-state index contributed by atoms with van der Waals surface area (Å²) in [5.74, 6) is 0. The summed E-state index contributed by atoms with van der Waals surface area (Å²) in [6.07, 6.45) is 1.57. The number of rotatable bonds is 2. The summed E-state index contributed by atoms with van der Waals surface area (Å²) in [7, 11) is 0. The number of hydrogen-bond donors (Lipinski definition) is 0. The molecule has 5 heteroatoms. The van der Waals surface area contributed by atoms with Crippen molar-refractivity contribution in [1.29, 1.82) is 0 Å². The zero-order chi connectivity index (χ0) is 8.27. The van der Waals surface area contributed by atoms with Crippen molar-refractivity contribution in [3.05, 3.63) is 33.4 Å². The van der Waals surface area contributed by atoms with Gasteiger partial charge in [-0.1, -0.05) is 11.6 Å². The van der Waals surface area contributed by atoms with Crippen LogP contribution in [0.1, 0.15) is 11.2 Å². The van der Waals surface area contributed by atoms with Gasteiger partial charge in [0.15, 0.2) is 0 Å². The molecule has 1 heterocycles. The van der Waals surface area contributed by atoms with Gasteiger partial charge in [-0.2, -0.15) is 0 Å². The van der Waals surface area contributed by atoms with E-state index in [9.17, 15) is 4.91 Å². The molecule has 1 aromatic rings. The van der Waals surface area contributed by atoms with Crippen LogP contribution in [0.25, 0.3) is 0 Å². The number of alkyl halides is 1. The molecule has 1 atom stereocenters. The predicted octanol–water partition coefficient (Wildman–Crippen LogP) is 2.85. The first-order valence-corrected chi connectivity index (χ1v) is 4.05. The van der Waals surface area contributed by atoms with Crippen molar-refractivity contribution in [3.8, 4) is 0 Å². The monoisotopic (exact) mass is 234 g/mol. The van der Waals surface area contributed by atoms with Gasteiger partial charge in [0.25, 0.3) is 0 Å². The minimum absolute atomic E-state index is 0.463. The SMILES string of the molecule is O=NC(Cl)c1ccc(Br)cn1. The Hall–Kier alpha value is -0.480. The number of aromatic nitrogens is 1. The number of nitroso groups, excluding NO2 is 1. The highest BCUT2D eigenvalue weighted by Crippen LogP contribution is 2.20. The molecule has 0 spiro atoms. The molecule has 0 aromatic carbocycles. The summed E-state index contributed by atoms with van der Waals surface area (Å²) in [6.45, 7) is 0. The molecular weight excluding hydrogens is 231 g/mol. The fraction of sp³-hybridized carbons (Fsp3) is 0.167. The first-order valence-electron chi connectivity index (χ1n) is 2.82. The van der Waals surface area contributed by atoms with Crippen molar-refractivity contribution in [3.63, 3.8) is 0 Å². The molecule has 1 rings (SSSR count). The van der Waals surface area contributed by atoms with E-state index in [0.717, 1.165) is 4.47 Å². The Morgan fingerprint density at radius 1 is 1.64 bits per heavy atom. The summed E-state index contributed by atoms with van der Waals surface area (Å²) in [6, 6.07) is 3.39. The van der Waals surface area contributed by atoms with Crippen molar-refractivity contribution in [2.45, 2.75) is 5.50 Å². The van der Waals surface area contributed by atoms with Gasteiger partial charge in [0.05, 0.1) is 5.69 Å². The molecule has 0 saturated carbocycles. The molecular formula is C6H4BrClN2O. The number of hydrogen-bond acceptors (Lipinski definition) is 3. The quantitative estimate of drug-likeness (QED) is 0.449. The van der Waals surface area contributed by atoms with Gasteiger partial charge < -0.3 is 0 Å². The van der Waals surface area contributed by atoms with Crippen LogP contribution in [-0.4, -0.2) is 4.98 Å². The maximum Gasteiger partial charge on any atom is 0.207 e. The van der Waals surface area contributed by atoms with E-state index in [1.807, 2.05) is 0 Å². The molecule has 0 amide bonds. The van der Waals surface area contributed by atoms with E-state index in [-0.39, 0.29) is 0 Å². The highest BCUT2D eigenvalue weighted by Gasteiger charge is 2.07. The zero-order valence-corrected chi connectivity index (χ0v) is 7.71. The lowest BCUT2D eigenvalue weighted by Gasteiger charge is -1.97. The standard InChI is InChI=1S/C6H4BrClN2O/c7-4-1-2-5(9-3-4)6(8)10-11/h1-3,6H. The van der Waals surface area contributed by atoms with E-state index < -0.39 is 5.50 Å². The summed E-state index contributed by atoms with van der Waals surface area (Å²) in [5.41, 5.74) is -0.423. The van der Waals surface area contributed by atoms with Crippen molar-refractivity contribution in [2.75, 3.05) is 0 Å². The van der Waals surface area contributed by atoms with Crippen LogP contribution in [0, 0.1) is 4.91 Å². The maximum absolute atomic E-state index is 9.96. The van der Waals surface area contributed by atoms with Crippen molar-refractivity contribution < 1.29 is 0 Å². The van der Waals surface area contributed by atoms with E-state index in [4.69, 9.17) is 11.6 Å². The Kier molecular flexibility index (Phi) is 2.96. The molecule has 3 nitrogen and oxygen atoms in total. The Morgan fingerprint density at radius 2 is 2.36 bits per heavy atom. The fourth-order valence-electron chi connectivity index (χ4n) is 0.582. The third kappa shape index (κ3) is 2.24. The van der Waals surface area contributed by atoms with Crippen molar-refractivity contribution >= 4 is 27.5 Å². The van der Waals surface area contributed by atoms with Crippen LogP contribution >= 0.6 is 27.5 Å². The number of nitrogens with zero attached hydrogens (tertiary/aromatic N) is 2. The van der Waals surface area contributed by atoms with Crippen molar-refractivity contribution in [1.82, 2.24) is 4.98 Å². The molecule has 0 radical (unpaired) electrons. The molecule has 1 unspecified atom stereocenters. The molecule has 0 aliphatic heterocycles. The Bertz CT molecular complexity index is 251. The second-order valence-electron chi connectivity index (χ2n) is 1.84. The van der Waals surface area contributed by atoms with Gasteiger partial charge in [0, 0.05) is 10.7 Å². The first kappa shape index (κ1) is 8.62. The average molecular weight is 235 g/mol. The molecule has 0 saturated heterocycles. The first-order chi connectivity index (χ1) is 5.24. The van der Waals surface area contributed by atoms with Crippen LogP contribution in [0.15, 0.2) is 28.0 Å². The van der Waals surface area contributed by atoms with Gasteiger partial charge in [0.1, 0.15) is 0 Å². The van der Waals surface area contributed by atoms with Crippen LogP contribution in [0.3, 0.4) is 0 Å². The van der Waals surface area contributed by atoms with E-state index >= 15 is 0 Å². The van der Waals surface area contributed by atoms with Crippen LogP contribution in [0.2, 0.25) is 0 Å². The van der Waals surface area contributed by atoms with Gasteiger partial charge in [-0.3, -0.25) is 4.98 Å². The van der Waals surface area contributed by atoms with E-state index in [0.29, 0.717) is 5.69 Å². The lowest BCUT2D eigenvalue weighted by atomic mass is 10.3. The number of pyridine rings is 1. The van der Waals surface area contributed by atoms with Crippen LogP contribution in [0.5, 0.6) is 0 Å². The molecule has 0 aliphatic rings. The Morgan fingerprint density at radius 3 is 2.82 bits per heavy atom. The van der Waals surface area contributed by atoms with E-state index in [2.05, 4.69) is 26.1 Å². The topological polar surface area (TPSA) is 42.3 Å².